The molecule has 1 aliphatic carbocycles. The number of methoxy groups -OCH3 is 1. The lowest BCUT2D eigenvalue weighted by Gasteiger charge is -2.08. The lowest BCUT2D eigenvalue weighted by Crippen LogP contribution is -2.16. The van der Waals surface area contributed by atoms with Gasteiger partial charge in [0.15, 0.2) is 0 Å². The number of hydrogen-bond donors (Lipinski definition) is 2. The number of phenols is 1. The summed E-state index contributed by atoms with van der Waals surface area (Å²) in [5.41, 5.74) is 0.889. The summed E-state index contributed by atoms with van der Waals surface area (Å²) in [4.78, 5) is 0. The second-order valence-electron chi connectivity index (χ2n) is 5.04. The van der Waals surface area contributed by atoms with Crippen LogP contribution in [0.3, 0.4) is 0 Å². The van der Waals surface area contributed by atoms with E-state index < -0.39 is 0 Å². The van der Waals surface area contributed by atoms with Crippen molar-refractivity contribution in [2.24, 2.45) is 5.92 Å². The minimum Gasteiger partial charge on any atom is -0.507 e. The molecule has 1 aromatic carbocycles. The molecule has 0 amide bonds. The van der Waals surface area contributed by atoms with Crippen molar-refractivity contribution in [1.29, 1.82) is 0 Å². The van der Waals surface area contributed by atoms with E-state index in [9.17, 15) is 5.11 Å². The average Bonchev–Trinajstić information content (AvgIpc) is 3.23. The summed E-state index contributed by atoms with van der Waals surface area (Å²) in [6.07, 6.45) is 3.69. The fraction of sp³-hybridized carbons (Fsp3) is 0.600. The Bertz CT molecular complexity index is 391. The van der Waals surface area contributed by atoms with Gasteiger partial charge in [-0.2, -0.15) is 0 Å². The van der Waals surface area contributed by atoms with Gasteiger partial charge in [-0.25, -0.2) is 0 Å². The van der Waals surface area contributed by atoms with Crippen molar-refractivity contribution in [2.75, 3.05) is 26.9 Å². The van der Waals surface area contributed by atoms with Crippen molar-refractivity contribution < 1.29 is 14.6 Å². The summed E-state index contributed by atoms with van der Waals surface area (Å²) in [5.74, 6) is 1.79. The minimum atomic E-state index is 0.275. The van der Waals surface area contributed by atoms with Crippen LogP contribution in [-0.4, -0.2) is 32.0 Å². The number of benzene rings is 1. The third-order valence-electron chi connectivity index (χ3n) is 3.30. The van der Waals surface area contributed by atoms with Crippen LogP contribution in [0.5, 0.6) is 11.5 Å². The van der Waals surface area contributed by atoms with E-state index >= 15 is 0 Å². The van der Waals surface area contributed by atoms with Gasteiger partial charge in [0, 0.05) is 31.4 Å². The first kappa shape index (κ1) is 14.2. The van der Waals surface area contributed by atoms with Gasteiger partial charge < -0.3 is 19.9 Å². The fourth-order valence-electron chi connectivity index (χ4n) is 1.88. The van der Waals surface area contributed by atoms with E-state index in [-0.39, 0.29) is 5.75 Å². The van der Waals surface area contributed by atoms with E-state index in [1.165, 1.54) is 12.8 Å². The highest BCUT2D eigenvalue weighted by molar-refractivity contribution is 5.39. The lowest BCUT2D eigenvalue weighted by atomic mass is 10.2. The molecular weight excluding hydrogens is 242 g/mol. The molecule has 0 atom stereocenters. The van der Waals surface area contributed by atoms with E-state index in [1.807, 2.05) is 12.1 Å². The summed E-state index contributed by atoms with van der Waals surface area (Å²) in [5, 5.41) is 13.1. The number of phenolic OH excluding ortho intramolecular Hbond substituents is 1. The van der Waals surface area contributed by atoms with Crippen LogP contribution in [0.2, 0.25) is 0 Å². The summed E-state index contributed by atoms with van der Waals surface area (Å²) < 4.78 is 10.6. The van der Waals surface area contributed by atoms with Gasteiger partial charge in [0.05, 0.1) is 7.11 Å². The summed E-state index contributed by atoms with van der Waals surface area (Å²) in [6, 6.07) is 5.37. The summed E-state index contributed by atoms with van der Waals surface area (Å²) >= 11 is 0. The van der Waals surface area contributed by atoms with E-state index in [0.717, 1.165) is 37.7 Å². The zero-order valence-electron chi connectivity index (χ0n) is 11.5. The number of ether oxygens (including phenoxy) is 2. The monoisotopic (exact) mass is 265 g/mol. The fourth-order valence-corrected chi connectivity index (χ4v) is 1.88. The number of hydrogen-bond acceptors (Lipinski definition) is 4. The number of aromatic hydroxyl groups is 1. The van der Waals surface area contributed by atoms with Crippen molar-refractivity contribution in [1.82, 2.24) is 5.32 Å². The molecule has 4 nitrogen and oxygen atoms in total. The maximum absolute atomic E-state index is 9.79. The Morgan fingerprint density at radius 2 is 2.21 bits per heavy atom. The van der Waals surface area contributed by atoms with Crippen LogP contribution in [0.15, 0.2) is 18.2 Å². The highest BCUT2D eigenvalue weighted by Crippen LogP contribution is 2.28. The van der Waals surface area contributed by atoms with Crippen LogP contribution < -0.4 is 10.1 Å². The molecule has 0 aromatic heterocycles. The second-order valence-corrected chi connectivity index (χ2v) is 5.04. The normalized spacial score (nSPS) is 14.6. The van der Waals surface area contributed by atoms with Gasteiger partial charge in [-0.05, 0) is 37.8 Å². The highest BCUT2D eigenvalue weighted by Gasteiger charge is 2.20. The van der Waals surface area contributed by atoms with Gasteiger partial charge in [0.25, 0.3) is 0 Å². The van der Waals surface area contributed by atoms with Crippen molar-refractivity contribution >= 4 is 0 Å². The van der Waals surface area contributed by atoms with E-state index in [4.69, 9.17) is 9.47 Å². The predicted octanol–water partition coefficient (Wildman–Crippen LogP) is 2.31. The van der Waals surface area contributed by atoms with Crippen LogP contribution in [-0.2, 0) is 11.3 Å². The molecule has 0 bridgehead atoms. The first-order chi connectivity index (χ1) is 9.29. The zero-order valence-corrected chi connectivity index (χ0v) is 11.5. The Balaban J connectivity index is 1.56. The standard InChI is InChI=1S/C15H23NO3/c1-18-14-6-5-13(15(17)9-14)10-16-7-2-8-19-11-12-3-4-12/h5-6,9,12,16-17H,2-4,7-8,10-11H2,1H3. The van der Waals surface area contributed by atoms with E-state index in [0.29, 0.717) is 12.3 Å². The molecule has 0 aliphatic heterocycles. The molecule has 2 N–H and O–H groups in total. The maximum atomic E-state index is 9.79. The van der Waals surface area contributed by atoms with Crippen LogP contribution in [0.25, 0.3) is 0 Å². The molecule has 1 fully saturated rings. The molecule has 1 aliphatic rings. The average molecular weight is 265 g/mol. The molecule has 19 heavy (non-hydrogen) atoms. The first-order valence-corrected chi connectivity index (χ1v) is 6.94. The minimum absolute atomic E-state index is 0.275. The third-order valence-corrected chi connectivity index (χ3v) is 3.30. The van der Waals surface area contributed by atoms with Crippen LogP contribution in [0, 0.1) is 5.92 Å². The zero-order chi connectivity index (χ0) is 13.5. The maximum Gasteiger partial charge on any atom is 0.123 e. The summed E-state index contributed by atoms with van der Waals surface area (Å²) in [6.45, 7) is 3.31. The number of nitrogens with one attached hydrogen (secondary N) is 1. The van der Waals surface area contributed by atoms with Crippen LogP contribution in [0.4, 0.5) is 0 Å². The van der Waals surface area contributed by atoms with Gasteiger partial charge >= 0.3 is 0 Å². The largest absolute Gasteiger partial charge is 0.507 e. The first-order valence-electron chi connectivity index (χ1n) is 6.94. The molecule has 0 unspecified atom stereocenters. The van der Waals surface area contributed by atoms with Crippen molar-refractivity contribution in [3.05, 3.63) is 23.8 Å². The molecule has 0 heterocycles. The van der Waals surface area contributed by atoms with Gasteiger partial charge in [-0.15, -0.1) is 0 Å². The van der Waals surface area contributed by atoms with Gasteiger partial charge in [0.2, 0.25) is 0 Å². The molecule has 0 saturated heterocycles. The SMILES string of the molecule is COc1ccc(CNCCCOCC2CC2)c(O)c1. The van der Waals surface area contributed by atoms with Crippen LogP contribution in [0.1, 0.15) is 24.8 Å². The molecule has 106 valence electrons. The van der Waals surface area contributed by atoms with Crippen molar-refractivity contribution in [3.63, 3.8) is 0 Å². The molecule has 4 heteroatoms. The lowest BCUT2D eigenvalue weighted by molar-refractivity contribution is 0.122. The smallest absolute Gasteiger partial charge is 0.123 e. The topological polar surface area (TPSA) is 50.7 Å². The molecule has 2 rings (SSSR count). The Morgan fingerprint density at radius 3 is 2.89 bits per heavy atom. The molecule has 1 aromatic rings. The quantitative estimate of drug-likeness (QED) is 0.673. The van der Waals surface area contributed by atoms with Crippen LogP contribution >= 0.6 is 0 Å². The summed E-state index contributed by atoms with van der Waals surface area (Å²) in [7, 11) is 1.59. The van der Waals surface area contributed by atoms with Crippen molar-refractivity contribution in [3.8, 4) is 11.5 Å². The predicted molar refractivity (Wildman–Crippen MR) is 74.5 cm³/mol. The highest BCUT2D eigenvalue weighted by atomic mass is 16.5. The molecular formula is C15H23NO3. The Labute approximate surface area is 114 Å². The van der Waals surface area contributed by atoms with Crippen molar-refractivity contribution in [2.45, 2.75) is 25.8 Å². The Kier molecular flexibility index (Phi) is 5.48. The molecule has 0 radical (unpaired) electrons. The van der Waals surface area contributed by atoms with Gasteiger partial charge in [-0.3, -0.25) is 0 Å². The van der Waals surface area contributed by atoms with Gasteiger partial charge in [0.1, 0.15) is 11.5 Å². The van der Waals surface area contributed by atoms with E-state index in [2.05, 4.69) is 5.32 Å². The molecule has 1 saturated carbocycles. The Morgan fingerprint density at radius 1 is 1.37 bits per heavy atom. The second kappa shape index (κ2) is 7.36. The Hall–Kier alpha value is -1.26. The number of rotatable bonds is 9. The third kappa shape index (κ3) is 5.09. The van der Waals surface area contributed by atoms with E-state index in [1.54, 1.807) is 13.2 Å². The molecule has 0 spiro atoms. The van der Waals surface area contributed by atoms with Gasteiger partial charge in [-0.1, -0.05) is 6.07 Å².